The van der Waals surface area contributed by atoms with Gasteiger partial charge in [-0.15, -0.1) is 11.3 Å². The number of carbonyl (C=O) groups excluding carboxylic acids is 1. The third-order valence-electron chi connectivity index (χ3n) is 3.84. The molecule has 1 N–H and O–H groups in total. The zero-order valence-electron chi connectivity index (χ0n) is 13.4. The molecule has 1 amide bonds. The molecule has 0 aliphatic rings. The van der Waals surface area contributed by atoms with Crippen LogP contribution in [0.5, 0.6) is 0 Å². The van der Waals surface area contributed by atoms with Crippen LogP contribution in [0.2, 0.25) is 0 Å². The number of hydrogen-bond donors (Lipinski definition) is 1. The van der Waals surface area contributed by atoms with Crippen LogP contribution < -0.4 is 0 Å². The summed E-state index contributed by atoms with van der Waals surface area (Å²) < 4.78 is 0. The minimum Gasteiger partial charge on any atom is -0.334 e. The normalized spacial score (nSPS) is 12.5. The molecular weight excluding hydrogens is 284 g/mol. The molecule has 6 heteroatoms. The van der Waals surface area contributed by atoms with Gasteiger partial charge in [0.15, 0.2) is 0 Å². The van der Waals surface area contributed by atoms with Crippen molar-refractivity contribution < 1.29 is 4.79 Å². The van der Waals surface area contributed by atoms with Gasteiger partial charge in [0.05, 0.1) is 22.4 Å². The first kappa shape index (κ1) is 15.7. The highest BCUT2D eigenvalue weighted by molar-refractivity contribution is 7.13. The average molecular weight is 306 g/mol. The van der Waals surface area contributed by atoms with Gasteiger partial charge in [0.1, 0.15) is 4.88 Å². The minimum atomic E-state index is -0.0247. The predicted molar refractivity (Wildman–Crippen MR) is 84.8 cm³/mol. The van der Waals surface area contributed by atoms with Crippen molar-refractivity contribution in [1.29, 1.82) is 0 Å². The van der Waals surface area contributed by atoms with Gasteiger partial charge < -0.3 is 4.90 Å². The fourth-order valence-corrected chi connectivity index (χ4v) is 3.57. The maximum atomic E-state index is 12.8. The Morgan fingerprint density at radius 2 is 2.05 bits per heavy atom. The van der Waals surface area contributed by atoms with E-state index in [1.165, 1.54) is 11.3 Å². The van der Waals surface area contributed by atoms with Gasteiger partial charge in [-0.1, -0.05) is 6.92 Å². The van der Waals surface area contributed by atoms with Gasteiger partial charge in [-0.25, -0.2) is 4.98 Å². The molecule has 0 aromatic carbocycles. The molecule has 2 rings (SSSR count). The Labute approximate surface area is 129 Å². The quantitative estimate of drug-likeness (QED) is 0.943. The number of aromatic amines is 1. The SMILES string of the molecule is CCc1nc(C)sc1C(=O)N(C)[C@@H](C)c1c(C)n[nH]c1C. The van der Waals surface area contributed by atoms with E-state index in [9.17, 15) is 4.79 Å². The fourth-order valence-electron chi connectivity index (χ4n) is 2.58. The molecule has 21 heavy (non-hydrogen) atoms. The zero-order valence-corrected chi connectivity index (χ0v) is 14.3. The van der Waals surface area contributed by atoms with Gasteiger partial charge in [-0.3, -0.25) is 9.89 Å². The number of carbonyl (C=O) groups is 1. The van der Waals surface area contributed by atoms with E-state index < -0.39 is 0 Å². The highest BCUT2D eigenvalue weighted by atomic mass is 32.1. The molecule has 2 heterocycles. The second-order valence-electron chi connectivity index (χ2n) is 5.30. The van der Waals surface area contributed by atoms with Crippen LogP contribution in [0.4, 0.5) is 0 Å². The molecule has 2 aromatic heterocycles. The van der Waals surface area contributed by atoms with Gasteiger partial charge in [-0.2, -0.15) is 5.10 Å². The number of aromatic nitrogens is 3. The van der Waals surface area contributed by atoms with Gasteiger partial charge in [-0.05, 0) is 34.1 Å². The van der Waals surface area contributed by atoms with E-state index in [1.807, 2.05) is 41.7 Å². The summed E-state index contributed by atoms with van der Waals surface area (Å²) in [5.41, 5.74) is 3.93. The van der Waals surface area contributed by atoms with Crippen LogP contribution in [0.3, 0.4) is 0 Å². The standard InChI is InChI=1S/C15H22N4OS/c1-7-12-14(21-11(5)16-12)15(20)19(6)10(4)13-8(2)17-18-9(13)3/h10H,7H2,1-6H3,(H,17,18)/t10-/m0/s1. The molecule has 0 aliphatic carbocycles. The van der Waals surface area contributed by atoms with E-state index in [1.54, 1.807) is 4.90 Å². The molecule has 0 bridgehead atoms. The number of aryl methyl sites for hydroxylation is 4. The number of thiazole rings is 1. The van der Waals surface area contributed by atoms with Crippen molar-refractivity contribution in [2.24, 2.45) is 0 Å². The van der Waals surface area contributed by atoms with Crippen LogP contribution in [0, 0.1) is 20.8 Å². The first-order chi connectivity index (χ1) is 9.86. The van der Waals surface area contributed by atoms with E-state index in [4.69, 9.17) is 0 Å². The molecular formula is C15H22N4OS. The molecule has 0 spiro atoms. The number of nitrogens with one attached hydrogen (secondary N) is 1. The number of amides is 1. The van der Waals surface area contributed by atoms with Crippen molar-refractivity contribution in [3.63, 3.8) is 0 Å². The first-order valence-corrected chi connectivity index (χ1v) is 7.93. The first-order valence-electron chi connectivity index (χ1n) is 7.11. The van der Waals surface area contributed by atoms with E-state index in [0.29, 0.717) is 0 Å². The smallest absolute Gasteiger partial charge is 0.266 e. The number of rotatable bonds is 4. The molecule has 0 saturated carbocycles. The Morgan fingerprint density at radius 3 is 2.57 bits per heavy atom. The third kappa shape index (κ3) is 2.85. The molecule has 0 fully saturated rings. The van der Waals surface area contributed by atoms with E-state index in [2.05, 4.69) is 15.2 Å². The van der Waals surface area contributed by atoms with Crippen LogP contribution in [0.25, 0.3) is 0 Å². The second-order valence-corrected chi connectivity index (χ2v) is 6.51. The van der Waals surface area contributed by atoms with Crippen LogP contribution in [-0.2, 0) is 6.42 Å². The lowest BCUT2D eigenvalue weighted by atomic mass is 10.1. The average Bonchev–Trinajstić information content (AvgIpc) is 2.99. The Kier molecular flexibility index (Phi) is 4.46. The van der Waals surface area contributed by atoms with Crippen molar-refractivity contribution in [2.75, 3.05) is 7.05 Å². The maximum Gasteiger partial charge on any atom is 0.266 e. The number of nitrogens with zero attached hydrogens (tertiary/aromatic N) is 3. The molecule has 0 unspecified atom stereocenters. The summed E-state index contributed by atoms with van der Waals surface area (Å²) in [6.07, 6.45) is 0.775. The van der Waals surface area contributed by atoms with Crippen molar-refractivity contribution in [2.45, 2.75) is 47.1 Å². The predicted octanol–water partition coefficient (Wildman–Crippen LogP) is 3.19. The minimum absolute atomic E-state index is 0.0247. The summed E-state index contributed by atoms with van der Waals surface area (Å²) >= 11 is 1.47. The monoisotopic (exact) mass is 306 g/mol. The summed E-state index contributed by atoms with van der Waals surface area (Å²) in [6.45, 7) is 9.94. The number of hydrogen-bond acceptors (Lipinski definition) is 4. The van der Waals surface area contributed by atoms with E-state index in [0.717, 1.165) is 39.0 Å². The molecule has 5 nitrogen and oxygen atoms in total. The van der Waals surface area contributed by atoms with Gasteiger partial charge in [0.25, 0.3) is 5.91 Å². The second kappa shape index (κ2) is 5.97. The zero-order chi connectivity index (χ0) is 15.7. The lowest BCUT2D eigenvalue weighted by Crippen LogP contribution is -2.30. The molecule has 0 aliphatic heterocycles. The summed E-state index contributed by atoms with van der Waals surface area (Å²) in [7, 11) is 1.84. The van der Waals surface area contributed by atoms with Crippen LogP contribution in [-0.4, -0.2) is 33.0 Å². The molecule has 0 radical (unpaired) electrons. The highest BCUT2D eigenvalue weighted by Crippen LogP contribution is 2.28. The van der Waals surface area contributed by atoms with Crippen LogP contribution in [0.1, 0.15) is 57.2 Å². The molecule has 0 saturated heterocycles. The topological polar surface area (TPSA) is 61.9 Å². The highest BCUT2D eigenvalue weighted by Gasteiger charge is 2.26. The third-order valence-corrected chi connectivity index (χ3v) is 4.84. The van der Waals surface area contributed by atoms with Crippen molar-refractivity contribution >= 4 is 17.2 Å². The van der Waals surface area contributed by atoms with E-state index in [-0.39, 0.29) is 11.9 Å². The van der Waals surface area contributed by atoms with Crippen molar-refractivity contribution in [1.82, 2.24) is 20.1 Å². The lowest BCUT2D eigenvalue weighted by Gasteiger charge is -2.25. The van der Waals surface area contributed by atoms with Crippen molar-refractivity contribution in [3.05, 3.63) is 32.5 Å². The van der Waals surface area contributed by atoms with Crippen LogP contribution in [0.15, 0.2) is 0 Å². The Morgan fingerprint density at radius 1 is 1.38 bits per heavy atom. The summed E-state index contributed by atoms with van der Waals surface area (Å²) in [6, 6.07) is -0.0247. The van der Waals surface area contributed by atoms with Crippen molar-refractivity contribution in [3.8, 4) is 0 Å². The Bertz CT molecular complexity index is 639. The van der Waals surface area contributed by atoms with Gasteiger partial charge >= 0.3 is 0 Å². The Balaban J connectivity index is 2.31. The summed E-state index contributed by atoms with van der Waals surface area (Å²) in [4.78, 5) is 19.7. The Hall–Kier alpha value is -1.69. The summed E-state index contributed by atoms with van der Waals surface area (Å²) in [5.74, 6) is 0.0324. The largest absolute Gasteiger partial charge is 0.334 e. The van der Waals surface area contributed by atoms with Gasteiger partial charge in [0, 0.05) is 18.3 Å². The molecule has 2 aromatic rings. The maximum absolute atomic E-state index is 12.8. The fraction of sp³-hybridized carbons (Fsp3) is 0.533. The summed E-state index contributed by atoms with van der Waals surface area (Å²) in [5, 5.41) is 8.13. The van der Waals surface area contributed by atoms with Gasteiger partial charge in [0.2, 0.25) is 0 Å². The van der Waals surface area contributed by atoms with E-state index >= 15 is 0 Å². The van der Waals surface area contributed by atoms with Crippen LogP contribution >= 0.6 is 11.3 Å². The molecule has 114 valence electrons. The number of H-pyrrole nitrogens is 1. The molecule has 1 atom stereocenters. The lowest BCUT2D eigenvalue weighted by molar-refractivity contribution is 0.0745.